The molecule has 5 rings (SSSR count). The van der Waals surface area contributed by atoms with E-state index in [4.69, 9.17) is 0 Å². The maximum absolute atomic E-state index is 14.2. The molecule has 4 aromatic rings. The molecule has 0 spiro atoms. The molecule has 0 fully saturated rings. The van der Waals surface area contributed by atoms with E-state index in [9.17, 15) is 31.9 Å². The second kappa shape index (κ2) is 12.7. The molecule has 11 heteroatoms. The molecule has 3 aromatic carbocycles. The van der Waals surface area contributed by atoms with Gasteiger partial charge >= 0.3 is 6.18 Å². The van der Waals surface area contributed by atoms with Crippen molar-refractivity contribution in [2.24, 2.45) is 5.92 Å². The number of hydrogen-bond acceptors (Lipinski definition) is 5. The summed E-state index contributed by atoms with van der Waals surface area (Å²) in [5, 5.41) is 2.56. The van der Waals surface area contributed by atoms with Crippen LogP contribution in [0.1, 0.15) is 60.7 Å². The number of carbonyl (C=O) groups is 2. The first kappa shape index (κ1) is 31.6. The molecule has 1 amide bonds. The van der Waals surface area contributed by atoms with Crippen molar-refractivity contribution < 1.29 is 27.2 Å². The number of Topliss-reactive ketones (excluding diaryl/α,β-unsaturated/α-hetero) is 1. The van der Waals surface area contributed by atoms with Crippen molar-refractivity contribution in [2.45, 2.75) is 52.8 Å². The van der Waals surface area contributed by atoms with Gasteiger partial charge in [-0.05, 0) is 66.4 Å². The molecular weight excluding hydrogens is 588 g/mol. The molecule has 1 atom stereocenters. The number of carbonyl (C=O) groups excluding carboxylic acids is 2. The molecule has 0 saturated carbocycles. The molecule has 1 N–H and O–H groups in total. The summed E-state index contributed by atoms with van der Waals surface area (Å²) in [7, 11) is 0. The lowest BCUT2D eigenvalue weighted by Crippen LogP contribution is -2.30. The Bertz CT molecular complexity index is 1830. The number of nitrogens with zero attached hydrogens (tertiary/aromatic N) is 3. The second-order valence-corrected chi connectivity index (χ2v) is 11.1. The number of ketones is 1. The van der Waals surface area contributed by atoms with E-state index >= 15 is 0 Å². The topological polar surface area (TPSA) is 84.3 Å². The average molecular weight is 621 g/mol. The van der Waals surface area contributed by atoms with Crippen LogP contribution in [0.5, 0.6) is 0 Å². The third-order valence-corrected chi connectivity index (χ3v) is 8.05. The summed E-state index contributed by atoms with van der Waals surface area (Å²) in [5.74, 6) is -1.62. The summed E-state index contributed by atoms with van der Waals surface area (Å²) in [5.41, 5.74) is 1.22. The van der Waals surface area contributed by atoms with Gasteiger partial charge in [-0.2, -0.15) is 13.2 Å². The summed E-state index contributed by atoms with van der Waals surface area (Å²) in [6, 6.07) is 14.3. The number of alkyl halides is 3. The quantitative estimate of drug-likeness (QED) is 0.156. The molecule has 0 aliphatic carbocycles. The van der Waals surface area contributed by atoms with Crippen LogP contribution in [-0.2, 0) is 23.9 Å². The Morgan fingerprint density at radius 3 is 2.53 bits per heavy atom. The molecule has 7 nitrogen and oxygen atoms in total. The predicted octanol–water partition coefficient (Wildman–Crippen LogP) is 7.39. The van der Waals surface area contributed by atoms with Gasteiger partial charge in [0.15, 0.2) is 11.6 Å². The van der Waals surface area contributed by atoms with E-state index in [1.54, 1.807) is 55.1 Å². The maximum atomic E-state index is 14.2. The smallest absolute Gasteiger partial charge is 0.341 e. The van der Waals surface area contributed by atoms with E-state index in [1.165, 1.54) is 22.9 Å². The van der Waals surface area contributed by atoms with E-state index in [1.807, 2.05) is 6.92 Å². The summed E-state index contributed by atoms with van der Waals surface area (Å²) in [6.07, 6.45) is -2.09. The minimum absolute atomic E-state index is 0.121. The fourth-order valence-electron chi connectivity index (χ4n) is 5.35. The van der Waals surface area contributed by atoms with E-state index in [2.05, 4.69) is 10.3 Å². The number of rotatable bonds is 9. The van der Waals surface area contributed by atoms with Crippen molar-refractivity contribution in [3.63, 3.8) is 0 Å². The van der Waals surface area contributed by atoms with Gasteiger partial charge in [0, 0.05) is 41.4 Å². The van der Waals surface area contributed by atoms with Crippen LogP contribution in [0.3, 0.4) is 0 Å². The largest absolute Gasteiger partial charge is 0.416 e. The maximum Gasteiger partial charge on any atom is 0.416 e. The third kappa shape index (κ3) is 6.67. The highest BCUT2D eigenvalue weighted by Crippen LogP contribution is 2.39. The summed E-state index contributed by atoms with van der Waals surface area (Å²) in [6.45, 7) is 5.30. The van der Waals surface area contributed by atoms with Crippen LogP contribution in [0.25, 0.3) is 11.3 Å². The zero-order valence-electron chi connectivity index (χ0n) is 25.0. The van der Waals surface area contributed by atoms with Gasteiger partial charge in [-0.1, -0.05) is 39.0 Å². The van der Waals surface area contributed by atoms with E-state index in [0.29, 0.717) is 41.8 Å². The Labute approximate surface area is 257 Å². The minimum atomic E-state index is -4.69. The van der Waals surface area contributed by atoms with Crippen LogP contribution in [0.2, 0.25) is 0 Å². The van der Waals surface area contributed by atoms with Crippen LogP contribution in [0, 0.1) is 11.7 Å². The molecule has 0 unspecified atom stereocenters. The van der Waals surface area contributed by atoms with Gasteiger partial charge in [0.25, 0.3) is 5.56 Å². The minimum Gasteiger partial charge on any atom is -0.341 e. The first-order chi connectivity index (χ1) is 21.4. The second-order valence-electron chi connectivity index (χ2n) is 11.1. The van der Waals surface area contributed by atoms with E-state index < -0.39 is 34.9 Å². The molecule has 0 bridgehead atoms. The Morgan fingerprint density at radius 2 is 1.82 bits per heavy atom. The van der Waals surface area contributed by atoms with Gasteiger partial charge in [0.05, 0.1) is 24.0 Å². The number of halogens is 4. The molecule has 45 heavy (non-hydrogen) atoms. The van der Waals surface area contributed by atoms with E-state index in [-0.39, 0.29) is 41.5 Å². The third-order valence-electron chi connectivity index (χ3n) is 8.05. The van der Waals surface area contributed by atoms with Crippen molar-refractivity contribution in [1.29, 1.82) is 0 Å². The Hall–Kier alpha value is -4.80. The highest BCUT2D eigenvalue weighted by molar-refractivity contribution is 5.97. The Kier molecular flexibility index (Phi) is 8.90. The molecule has 1 aliphatic rings. The van der Waals surface area contributed by atoms with Crippen molar-refractivity contribution in [3.8, 4) is 11.3 Å². The van der Waals surface area contributed by atoms with Crippen molar-refractivity contribution >= 4 is 28.9 Å². The van der Waals surface area contributed by atoms with Crippen LogP contribution in [0.4, 0.5) is 34.8 Å². The molecule has 1 aliphatic heterocycles. The average Bonchev–Trinajstić information content (AvgIpc) is 3.44. The SMILES string of the molecule is CCC(=O)c1cccc(-c2cnc(NC(=O)[C@H](C)CC)c(=O)n2Cc2cc(N3CCc4cc(F)ccc43)cc(C(F)(F)F)c2)c1. The van der Waals surface area contributed by atoms with Gasteiger partial charge < -0.3 is 10.2 Å². The highest BCUT2D eigenvalue weighted by atomic mass is 19.4. The molecular formula is C34H32F4N4O3. The first-order valence-corrected chi connectivity index (χ1v) is 14.7. The number of amides is 1. The normalized spacial score (nSPS) is 13.4. The fourth-order valence-corrected chi connectivity index (χ4v) is 5.35. The van der Waals surface area contributed by atoms with Crippen molar-refractivity contribution in [3.05, 3.63) is 105 Å². The predicted molar refractivity (Wildman–Crippen MR) is 164 cm³/mol. The Balaban J connectivity index is 1.65. The van der Waals surface area contributed by atoms with Crippen molar-refractivity contribution in [1.82, 2.24) is 9.55 Å². The van der Waals surface area contributed by atoms with Gasteiger partial charge in [-0.3, -0.25) is 19.0 Å². The monoisotopic (exact) mass is 620 g/mol. The van der Waals surface area contributed by atoms with Crippen LogP contribution < -0.4 is 15.8 Å². The van der Waals surface area contributed by atoms with Gasteiger partial charge in [0.1, 0.15) is 5.82 Å². The zero-order valence-corrected chi connectivity index (χ0v) is 25.0. The van der Waals surface area contributed by atoms with Crippen molar-refractivity contribution in [2.75, 3.05) is 16.8 Å². The summed E-state index contributed by atoms with van der Waals surface area (Å²) >= 11 is 0. The van der Waals surface area contributed by atoms with Gasteiger partial charge in [0.2, 0.25) is 5.91 Å². The molecule has 0 radical (unpaired) electrons. The van der Waals surface area contributed by atoms with Crippen LogP contribution in [0.15, 0.2) is 71.7 Å². The lowest BCUT2D eigenvalue weighted by atomic mass is 10.0. The van der Waals surface area contributed by atoms with Crippen LogP contribution >= 0.6 is 0 Å². The number of anilines is 3. The summed E-state index contributed by atoms with van der Waals surface area (Å²) in [4.78, 5) is 44.9. The molecule has 234 valence electrons. The van der Waals surface area contributed by atoms with Crippen LogP contribution in [-0.4, -0.2) is 27.8 Å². The van der Waals surface area contributed by atoms with Gasteiger partial charge in [-0.15, -0.1) is 0 Å². The Morgan fingerprint density at radius 1 is 1.04 bits per heavy atom. The lowest BCUT2D eigenvalue weighted by Gasteiger charge is -2.23. The van der Waals surface area contributed by atoms with E-state index in [0.717, 1.165) is 12.1 Å². The lowest BCUT2D eigenvalue weighted by molar-refractivity contribution is -0.137. The number of aromatic nitrogens is 2. The number of fused-ring (bicyclic) bond motifs is 1. The highest BCUT2D eigenvalue weighted by Gasteiger charge is 2.33. The summed E-state index contributed by atoms with van der Waals surface area (Å²) < 4.78 is 57.7. The first-order valence-electron chi connectivity index (χ1n) is 14.7. The molecule has 1 aromatic heterocycles. The number of benzene rings is 3. The zero-order chi connectivity index (χ0) is 32.5. The fraction of sp³-hybridized carbons (Fsp3) is 0.294. The molecule has 0 saturated heterocycles. The number of nitrogens with one attached hydrogen (secondary N) is 1. The standard InChI is InChI=1S/C34H32F4N4O3/c1-4-20(3)32(44)40-31-33(45)42(29(18-39-31)22-7-6-8-24(15-22)30(43)5-2)19-21-13-25(34(36,37)38)17-27(14-21)41-12-11-23-16-26(35)9-10-28(23)41/h6-10,13-18,20H,4-5,11-12,19H2,1-3H3,(H,39,40,44)/t20-/m1/s1. The number of hydrogen-bond donors (Lipinski definition) is 1. The van der Waals surface area contributed by atoms with Gasteiger partial charge in [-0.25, -0.2) is 9.37 Å². The molecule has 2 heterocycles.